The minimum absolute atomic E-state index is 0.993. The van der Waals surface area contributed by atoms with E-state index in [4.69, 9.17) is 0 Å². The predicted molar refractivity (Wildman–Crippen MR) is 40.8 cm³/mol. The van der Waals surface area contributed by atoms with Gasteiger partial charge in [-0.3, -0.25) is 0 Å². The number of hydrogen-bond acceptors (Lipinski definition) is 0. The Morgan fingerprint density at radius 2 is 2.14 bits per heavy atom. The maximum Gasteiger partial charge on any atom is 0.0112 e. The van der Waals surface area contributed by atoms with Gasteiger partial charge < -0.3 is 0 Å². The molecule has 1 rings (SSSR count). The van der Waals surface area contributed by atoms with Gasteiger partial charge in [-0.25, -0.2) is 0 Å². The Morgan fingerprint density at radius 1 is 1.43 bits per heavy atom. The molecular weight excluding hydrogens is 199 g/mol. The zero-order valence-electron chi connectivity index (χ0n) is 4.65. The van der Waals surface area contributed by atoms with Crippen LogP contribution in [0.3, 0.4) is 0 Å². The van der Waals surface area contributed by atoms with Gasteiger partial charge in [-0.15, -0.1) is 0 Å². The minimum Gasteiger partial charge on any atom is -0.0826 e. The summed E-state index contributed by atoms with van der Waals surface area (Å²) in [4.78, 5) is 0. The lowest BCUT2D eigenvalue weighted by Gasteiger charge is -1.94. The molecule has 1 unspecified atom stereocenters. The van der Waals surface area contributed by atoms with E-state index in [2.05, 4.69) is 29.5 Å². The third-order valence-electron chi connectivity index (χ3n) is 1.63. The van der Waals surface area contributed by atoms with Crippen molar-refractivity contribution >= 4 is 22.6 Å². The van der Waals surface area contributed by atoms with Gasteiger partial charge in [0.25, 0.3) is 0 Å². The van der Waals surface area contributed by atoms with Crippen molar-refractivity contribution in [2.75, 3.05) is 0 Å². The molecule has 7 heavy (non-hydrogen) atoms. The molecule has 1 aliphatic carbocycles. The third kappa shape index (κ3) is 1.59. The van der Waals surface area contributed by atoms with Crippen molar-refractivity contribution in [3.8, 4) is 0 Å². The lowest BCUT2D eigenvalue weighted by Crippen LogP contribution is -1.86. The summed E-state index contributed by atoms with van der Waals surface area (Å²) >= 11 is 2.55. The van der Waals surface area contributed by atoms with Crippen LogP contribution in [0.4, 0.5) is 0 Å². The topological polar surface area (TPSA) is 0 Å². The van der Waals surface area contributed by atoms with Gasteiger partial charge in [0.05, 0.1) is 0 Å². The smallest absolute Gasteiger partial charge is 0.0112 e. The molecule has 0 radical (unpaired) electrons. The van der Waals surface area contributed by atoms with E-state index >= 15 is 0 Å². The summed E-state index contributed by atoms with van der Waals surface area (Å²) in [6.07, 6.45) is 4.38. The molecular formula is C6H11I. The van der Waals surface area contributed by atoms with Gasteiger partial charge >= 0.3 is 0 Å². The Morgan fingerprint density at radius 3 is 2.29 bits per heavy atom. The summed E-state index contributed by atoms with van der Waals surface area (Å²) in [7, 11) is 0. The molecule has 0 aliphatic heterocycles. The fourth-order valence-electron chi connectivity index (χ4n) is 1.14. The van der Waals surface area contributed by atoms with Crippen molar-refractivity contribution in [3.05, 3.63) is 0 Å². The molecule has 1 saturated carbocycles. The van der Waals surface area contributed by atoms with Crippen LogP contribution < -0.4 is 0 Å². The standard InChI is InChI=1S/C6H11I/c1-5-2-3-6(7)4-5/h5-6H,2-4H2,1H3/t5-,6?/m0/s1. The van der Waals surface area contributed by atoms with Crippen molar-refractivity contribution in [1.29, 1.82) is 0 Å². The number of rotatable bonds is 0. The normalized spacial score (nSPS) is 42.0. The SMILES string of the molecule is C[C@H]1CCC(I)C1. The van der Waals surface area contributed by atoms with Gasteiger partial charge in [0.1, 0.15) is 0 Å². The maximum absolute atomic E-state index is 2.55. The van der Waals surface area contributed by atoms with E-state index in [1.54, 1.807) is 0 Å². The summed E-state index contributed by atoms with van der Waals surface area (Å²) in [5.74, 6) is 1.02. The molecule has 0 nitrogen and oxygen atoms in total. The second-order valence-electron chi connectivity index (χ2n) is 2.52. The Bertz CT molecular complexity index is 53.2. The number of hydrogen-bond donors (Lipinski definition) is 0. The van der Waals surface area contributed by atoms with Crippen LogP contribution in [-0.4, -0.2) is 3.92 Å². The first kappa shape index (κ1) is 5.86. The zero-order valence-corrected chi connectivity index (χ0v) is 6.81. The molecule has 1 fully saturated rings. The lowest BCUT2D eigenvalue weighted by molar-refractivity contribution is 0.615. The molecule has 0 aromatic carbocycles. The molecule has 0 amide bonds. The molecule has 1 aliphatic rings. The van der Waals surface area contributed by atoms with Crippen LogP contribution in [0.1, 0.15) is 26.2 Å². The Kier molecular flexibility index (Phi) is 1.95. The molecule has 0 saturated heterocycles. The summed E-state index contributed by atoms with van der Waals surface area (Å²) in [5, 5.41) is 0. The largest absolute Gasteiger partial charge is 0.0826 e. The molecule has 0 aromatic rings. The van der Waals surface area contributed by atoms with Crippen molar-refractivity contribution < 1.29 is 0 Å². The second kappa shape index (κ2) is 2.33. The molecule has 0 N–H and O–H groups in total. The molecule has 2 atom stereocenters. The number of alkyl halides is 1. The van der Waals surface area contributed by atoms with Gasteiger partial charge in [-0.2, -0.15) is 0 Å². The van der Waals surface area contributed by atoms with Gasteiger partial charge in [0.15, 0.2) is 0 Å². The fourth-order valence-corrected chi connectivity index (χ4v) is 2.37. The summed E-state index contributed by atoms with van der Waals surface area (Å²) < 4.78 is 0.993. The van der Waals surface area contributed by atoms with Crippen LogP contribution >= 0.6 is 22.6 Å². The van der Waals surface area contributed by atoms with E-state index in [0.29, 0.717) is 0 Å². The first-order valence-electron chi connectivity index (χ1n) is 2.93. The molecule has 1 heteroatoms. The van der Waals surface area contributed by atoms with E-state index in [9.17, 15) is 0 Å². The highest BCUT2D eigenvalue weighted by atomic mass is 127. The zero-order chi connectivity index (χ0) is 5.28. The molecule has 42 valence electrons. The Balaban J connectivity index is 2.26. The van der Waals surface area contributed by atoms with Crippen LogP contribution in [0.15, 0.2) is 0 Å². The van der Waals surface area contributed by atoms with E-state index in [1.807, 2.05) is 0 Å². The third-order valence-corrected chi connectivity index (χ3v) is 2.76. The average molecular weight is 210 g/mol. The highest BCUT2D eigenvalue weighted by Crippen LogP contribution is 2.29. The average Bonchev–Trinajstić information content (AvgIpc) is 1.87. The molecule has 0 bridgehead atoms. The minimum atomic E-state index is 0.993. The van der Waals surface area contributed by atoms with Crippen LogP contribution in [0.25, 0.3) is 0 Å². The van der Waals surface area contributed by atoms with Crippen LogP contribution in [0, 0.1) is 5.92 Å². The first-order valence-corrected chi connectivity index (χ1v) is 4.17. The quantitative estimate of drug-likeness (QED) is 0.425. The van der Waals surface area contributed by atoms with Gasteiger partial charge in [0.2, 0.25) is 0 Å². The molecule has 0 spiro atoms. The van der Waals surface area contributed by atoms with Crippen molar-refractivity contribution in [2.24, 2.45) is 5.92 Å². The van der Waals surface area contributed by atoms with E-state index < -0.39 is 0 Å². The maximum atomic E-state index is 2.55. The van der Waals surface area contributed by atoms with Crippen LogP contribution in [0.5, 0.6) is 0 Å². The van der Waals surface area contributed by atoms with Crippen LogP contribution in [-0.2, 0) is 0 Å². The molecule has 0 aromatic heterocycles. The number of halogens is 1. The van der Waals surface area contributed by atoms with Gasteiger partial charge in [0, 0.05) is 3.92 Å². The predicted octanol–water partition coefficient (Wildman–Crippen LogP) is 2.61. The summed E-state index contributed by atoms with van der Waals surface area (Å²) in [6, 6.07) is 0. The highest BCUT2D eigenvalue weighted by molar-refractivity contribution is 14.1. The monoisotopic (exact) mass is 210 g/mol. The van der Waals surface area contributed by atoms with Crippen LogP contribution in [0.2, 0.25) is 0 Å². The summed E-state index contributed by atoms with van der Waals surface area (Å²) in [6.45, 7) is 2.35. The fraction of sp³-hybridized carbons (Fsp3) is 1.00. The van der Waals surface area contributed by atoms with Crippen molar-refractivity contribution in [3.63, 3.8) is 0 Å². The van der Waals surface area contributed by atoms with Gasteiger partial charge in [-0.05, 0) is 25.2 Å². The Hall–Kier alpha value is 0.730. The summed E-state index contributed by atoms with van der Waals surface area (Å²) in [5.41, 5.74) is 0. The van der Waals surface area contributed by atoms with E-state index in [-0.39, 0.29) is 0 Å². The lowest BCUT2D eigenvalue weighted by atomic mass is 10.2. The first-order chi connectivity index (χ1) is 3.29. The van der Waals surface area contributed by atoms with E-state index in [0.717, 1.165) is 9.84 Å². The highest BCUT2D eigenvalue weighted by Gasteiger charge is 2.17. The van der Waals surface area contributed by atoms with Crippen molar-refractivity contribution in [2.45, 2.75) is 30.1 Å². The van der Waals surface area contributed by atoms with Crippen molar-refractivity contribution in [1.82, 2.24) is 0 Å². The Labute approximate surface area is 58.8 Å². The molecule has 0 heterocycles. The second-order valence-corrected chi connectivity index (χ2v) is 4.28. The van der Waals surface area contributed by atoms with E-state index in [1.165, 1.54) is 19.3 Å². The van der Waals surface area contributed by atoms with Gasteiger partial charge in [-0.1, -0.05) is 29.5 Å².